The first-order valence-electron chi connectivity index (χ1n) is 6.57. The zero-order valence-corrected chi connectivity index (χ0v) is 12.5. The predicted octanol–water partition coefficient (Wildman–Crippen LogP) is 3.59. The van der Waals surface area contributed by atoms with E-state index in [1.165, 1.54) is 31.0 Å². The summed E-state index contributed by atoms with van der Waals surface area (Å²) in [5.41, 5.74) is 0. The summed E-state index contributed by atoms with van der Waals surface area (Å²) in [4.78, 5) is 20.3. The maximum atomic E-state index is 12.0. The molecule has 19 heavy (non-hydrogen) atoms. The van der Waals surface area contributed by atoms with Crippen molar-refractivity contribution < 1.29 is 4.79 Å². The number of nitrogens with zero attached hydrogens (tertiary/aromatic N) is 2. The summed E-state index contributed by atoms with van der Waals surface area (Å²) in [7, 11) is 0. The summed E-state index contributed by atoms with van der Waals surface area (Å²) in [6, 6.07) is 4.51. The van der Waals surface area contributed by atoms with Crippen LogP contribution in [-0.4, -0.2) is 28.6 Å². The van der Waals surface area contributed by atoms with E-state index in [1.807, 2.05) is 23.6 Å². The van der Waals surface area contributed by atoms with Crippen LogP contribution in [0.25, 0.3) is 6.08 Å². The molecule has 100 valence electrons. The van der Waals surface area contributed by atoms with Gasteiger partial charge in [-0.2, -0.15) is 4.99 Å². The normalized spacial score (nSPS) is 26.1. The average Bonchev–Trinajstić information content (AvgIpc) is 3.02. The molecule has 3 nitrogen and oxygen atoms in total. The summed E-state index contributed by atoms with van der Waals surface area (Å²) in [5.74, 6) is -0.0915. The van der Waals surface area contributed by atoms with E-state index in [9.17, 15) is 4.79 Å². The van der Waals surface area contributed by atoms with E-state index in [0.717, 1.165) is 21.5 Å². The molecule has 1 fully saturated rings. The Hall–Kier alpha value is -1.07. The molecule has 0 radical (unpaired) electrons. The predicted molar refractivity (Wildman–Crippen MR) is 82.3 cm³/mol. The van der Waals surface area contributed by atoms with Crippen LogP contribution in [0.3, 0.4) is 0 Å². The fourth-order valence-electron chi connectivity index (χ4n) is 2.41. The molecule has 0 aromatic carbocycles. The minimum atomic E-state index is -0.0915. The number of thiophene rings is 1. The molecule has 5 heteroatoms. The molecule has 1 saturated heterocycles. The Morgan fingerprint density at radius 3 is 3.11 bits per heavy atom. The van der Waals surface area contributed by atoms with Crippen LogP contribution in [0.1, 0.15) is 31.1 Å². The van der Waals surface area contributed by atoms with Crippen LogP contribution in [0.5, 0.6) is 0 Å². The number of likely N-dealkylation sites (tertiary alicyclic amines) is 1. The number of amidine groups is 1. The maximum absolute atomic E-state index is 12.0. The van der Waals surface area contributed by atoms with Crippen molar-refractivity contribution in [3.05, 3.63) is 27.3 Å². The van der Waals surface area contributed by atoms with E-state index < -0.39 is 0 Å². The topological polar surface area (TPSA) is 32.7 Å². The van der Waals surface area contributed by atoms with Crippen molar-refractivity contribution >= 4 is 40.2 Å². The van der Waals surface area contributed by atoms with Gasteiger partial charge in [0.1, 0.15) is 0 Å². The lowest BCUT2D eigenvalue weighted by atomic mass is 10.1. The number of carbonyl (C=O) groups excluding carboxylic acids is 1. The zero-order valence-electron chi connectivity index (χ0n) is 10.8. The molecule has 2 aliphatic rings. The Morgan fingerprint density at radius 2 is 2.37 bits per heavy atom. The van der Waals surface area contributed by atoms with Crippen LogP contribution in [0, 0.1) is 0 Å². The third-order valence-electron chi connectivity index (χ3n) is 3.47. The summed E-state index contributed by atoms with van der Waals surface area (Å²) in [6.45, 7) is 3.24. The molecule has 1 amide bonds. The maximum Gasteiger partial charge on any atom is 0.286 e. The van der Waals surface area contributed by atoms with Crippen molar-refractivity contribution in [1.82, 2.24) is 4.90 Å². The van der Waals surface area contributed by atoms with Crippen LogP contribution in [-0.2, 0) is 4.79 Å². The van der Waals surface area contributed by atoms with Gasteiger partial charge in [-0.25, -0.2) is 0 Å². The lowest BCUT2D eigenvalue weighted by molar-refractivity contribution is -0.113. The van der Waals surface area contributed by atoms with Crippen LogP contribution >= 0.6 is 23.1 Å². The second kappa shape index (κ2) is 5.51. The number of aliphatic imine (C=N–C) groups is 1. The van der Waals surface area contributed by atoms with E-state index in [1.54, 1.807) is 11.3 Å². The van der Waals surface area contributed by atoms with Gasteiger partial charge < -0.3 is 4.90 Å². The van der Waals surface area contributed by atoms with E-state index in [-0.39, 0.29) is 5.91 Å². The molecule has 2 aliphatic heterocycles. The minimum Gasteiger partial charge on any atom is -0.348 e. The van der Waals surface area contributed by atoms with Gasteiger partial charge in [-0.3, -0.25) is 4.79 Å². The van der Waals surface area contributed by atoms with Gasteiger partial charge in [-0.05, 0) is 55.5 Å². The third-order valence-corrected chi connectivity index (χ3v) is 5.31. The molecule has 1 aromatic rings. The molecule has 0 spiro atoms. The van der Waals surface area contributed by atoms with Gasteiger partial charge in [0.25, 0.3) is 5.91 Å². The molecule has 0 unspecified atom stereocenters. The van der Waals surface area contributed by atoms with Crippen molar-refractivity contribution in [3.8, 4) is 0 Å². The van der Waals surface area contributed by atoms with Gasteiger partial charge >= 0.3 is 0 Å². The summed E-state index contributed by atoms with van der Waals surface area (Å²) in [5, 5.41) is 2.91. The van der Waals surface area contributed by atoms with Crippen LogP contribution in [0.15, 0.2) is 27.4 Å². The Balaban J connectivity index is 1.76. The first kappa shape index (κ1) is 12.9. The SMILES string of the molecule is C[C@H]1CCCCN1C1=NC(=O)/C(=C\c2cccs2)S1. The molecule has 0 N–H and O–H groups in total. The molecule has 0 bridgehead atoms. The molecule has 3 rings (SSSR count). The van der Waals surface area contributed by atoms with E-state index in [2.05, 4.69) is 16.8 Å². The highest BCUT2D eigenvalue weighted by Crippen LogP contribution is 2.33. The van der Waals surface area contributed by atoms with Gasteiger partial charge in [-0.1, -0.05) is 6.07 Å². The number of rotatable bonds is 1. The lowest BCUT2D eigenvalue weighted by Gasteiger charge is -2.34. The molecule has 0 saturated carbocycles. The van der Waals surface area contributed by atoms with Crippen molar-refractivity contribution in [2.75, 3.05) is 6.54 Å². The first-order valence-corrected chi connectivity index (χ1v) is 8.26. The number of amides is 1. The van der Waals surface area contributed by atoms with Gasteiger partial charge in [0.05, 0.1) is 4.91 Å². The summed E-state index contributed by atoms with van der Waals surface area (Å²) < 4.78 is 0. The monoisotopic (exact) mass is 292 g/mol. The average molecular weight is 292 g/mol. The Kier molecular flexibility index (Phi) is 3.75. The number of carbonyl (C=O) groups is 1. The van der Waals surface area contributed by atoms with Crippen molar-refractivity contribution in [1.29, 1.82) is 0 Å². The number of hydrogen-bond acceptors (Lipinski definition) is 4. The third kappa shape index (κ3) is 2.77. The molecular formula is C14H16N2OS2. The fraction of sp³-hybridized carbons (Fsp3) is 0.429. The highest BCUT2D eigenvalue weighted by atomic mass is 32.2. The first-order chi connectivity index (χ1) is 9.24. The standard InChI is InChI=1S/C14H16N2OS2/c1-10-5-2-3-7-16(10)14-15-13(17)12(19-14)9-11-6-4-8-18-11/h4,6,8-10H,2-3,5,7H2,1H3/b12-9+/t10-/m0/s1. The summed E-state index contributed by atoms with van der Waals surface area (Å²) >= 11 is 3.16. The number of piperidine rings is 1. The quantitative estimate of drug-likeness (QED) is 0.742. The van der Waals surface area contributed by atoms with Gasteiger partial charge in [0.2, 0.25) is 0 Å². The smallest absolute Gasteiger partial charge is 0.286 e. The van der Waals surface area contributed by atoms with Crippen LogP contribution < -0.4 is 0 Å². The Labute approximate surface area is 121 Å². The highest BCUT2D eigenvalue weighted by Gasteiger charge is 2.29. The van der Waals surface area contributed by atoms with E-state index in [0.29, 0.717) is 6.04 Å². The zero-order chi connectivity index (χ0) is 13.2. The van der Waals surface area contributed by atoms with Crippen molar-refractivity contribution in [3.63, 3.8) is 0 Å². The van der Waals surface area contributed by atoms with Crippen molar-refractivity contribution in [2.24, 2.45) is 4.99 Å². The second-order valence-electron chi connectivity index (χ2n) is 4.86. The largest absolute Gasteiger partial charge is 0.348 e. The molecular weight excluding hydrogens is 276 g/mol. The van der Waals surface area contributed by atoms with Gasteiger partial charge in [0.15, 0.2) is 5.17 Å². The van der Waals surface area contributed by atoms with Crippen LogP contribution in [0.2, 0.25) is 0 Å². The van der Waals surface area contributed by atoms with E-state index >= 15 is 0 Å². The number of hydrogen-bond donors (Lipinski definition) is 0. The fourth-order valence-corrected chi connectivity index (χ4v) is 4.17. The van der Waals surface area contributed by atoms with Gasteiger partial charge in [-0.15, -0.1) is 11.3 Å². The molecule has 0 aliphatic carbocycles. The summed E-state index contributed by atoms with van der Waals surface area (Å²) in [6.07, 6.45) is 5.62. The highest BCUT2D eigenvalue weighted by molar-refractivity contribution is 8.18. The van der Waals surface area contributed by atoms with Crippen LogP contribution in [0.4, 0.5) is 0 Å². The Morgan fingerprint density at radius 1 is 1.47 bits per heavy atom. The van der Waals surface area contributed by atoms with Gasteiger partial charge in [0, 0.05) is 17.5 Å². The van der Waals surface area contributed by atoms with E-state index in [4.69, 9.17) is 0 Å². The minimum absolute atomic E-state index is 0.0915. The molecule has 3 heterocycles. The molecule has 1 atom stereocenters. The second-order valence-corrected chi connectivity index (χ2v) is 6.85. The Bertz CT molecular complexity index is 534. The van der Waals surface area contributed by atoms with Crippen molar-refractivity contribution in [2.45, 2.75) is 32.2 Å². The molecule has 1 aromatic heterocycles. The lowest BCUT2D eigenvalue weighted by Crippen LogP contribution is -2.40. The number of thioether (sulfide) groups is 1.